The van der Waals surface area contributed by atoms with Crippen LogP contribution in [-0.4, -0.2) is 19.0 Å². The summed E-state index contributed by atoms with van der Waals surface area (Å²) in [5.41, 5.74) is 1.33. The van der Waals surface area contributed by atoms with Gasteiger partial charge in [-0.15, -0.1) is 0 Å². The van der Waals surface area contributed by atoms with Gasteiger partial charge in [-0.05, 0) is 39.5 Å². The highest BCUT2D eigenvalue weighted by molar-refractivity contribution is 5.56. The predicted molar refractivity (Wildman–Crippen MR) is 59.3 cm³/mol. The van der Waals surface area contributed by atoms with E-state index in [2.05, 4.69) is 26.8 Å². The lowest BCUT2D eigenvalue weighted by molar-refractivity contribution is -0.120. The molecule has 0 radical (unpaired) electrons. The molecule has 2 atom stereocenters. The standard InChI is InChI=1S/C12H22O2/c1-5-14-12(9-13)11(4)8-6-7-10(2)3/h7,9,11-12H,5-6,8H2,1-4H3. The largest absolute Gasteiger partial charge is 0.371 e. The Hall–Kier alpha value is -0.630. The molecule has 2 unspecified atom stereocenters. The van der Waals surface area contributed by atoms with Gasteiger partial charge in [-0.1, -0.05) is 18.6 Å². The molecular formula is C12H22O2. The van der Waals surface area contributed by atoms with Crippen LogP contribution in [0.25, 0.3) is 0 Å². The first kappa shape index (κ1) is 13.4. The second-order valence-corrected chi connectivity index (χ2v) is 3.89. The van der Waals surface area contributed by atoms with Crippen molar-refractivity contribution in [2.24, 2.45) is 5.92 Å². The fraction of sp³-hybridized carbons (Fsp3) is 0.750. The van der Waals surface area contributed by atoms with Crippen molar-refractivity contribution in [3.05, 3.63) is 11.6 Å². The van der Waals surface area contributed by atoms with Gasteiger partial charge in [0.1, 0.15) is 12.4 Å². The molecule has 0 saturated carbocycles. The second kappa shape index (κ2) is 7.74. The number of rotatable bonds is 7. The van der Waals surface area contributed by atoms with Gasteiger partial charge in [0.2, 0.25) is 0 Å². The summed E-state index contributed by atoms with van der Waals surface area (Å²) >= 11 is 0. The highest BCUT2D eigenvalue weighted by Crippen LogP contribution is 2.13. The topological polar surface area (TPSA) is 26.3 Å². The van der Waals surface area contributed by atoms with Crippen molar-refractivity contribution in [3.63, 3.8) is 0 Å². The monoisotopic (exact) mass is 198 g/mol. The van der Waals surface area contributed by atoms with Gasteiger partial charge < -0.3 is 9.53 Å². The molecule has 0 N–H and O–H groups in total. The number of carbonyl (C=O) groups is 1. The highest BCUT2D eigenvalue weighted by atomic mass is 16.5. The summed E-state index contributed by atoms with van der Waals surface area (Å²) in [5.74, 6) is 0.308. The summed E-state index contributed by atoms with van der Waals surface area (Å²) in [4.78, 5) is 10.7. The minimum absolute atomic E-state index is 0.231. The van der Waals surface area contributed by atoms with E-state index in [1.165, 1.54) is 5.57 Å². The summed E-state index contributed by atoms with van der Waals surface area (Å²) < 4.78 is 5.32. The predicted octanol–water partition coefficient (Wildman–Crippen LogP) is 2.97. The number of aldehydes is 1. The summed E-state index contributed by atoms with van der Waals surface area (Å²) in [5, 5.41) is 0. The van der Waals surface area contributed by atoms with Crippen LogP contribution in [0.4, 0.5) is 0 Å². The number of hydrogen-bond donors (Lipinski definition) is 0. The Morgan fingerprint density at radius 3 is 2.50 bits per heavy atom. The van der Waals surface area contributed by atoms with Crippen LogP contribution in [0, 0.1) is 5.92 Å². The Bertz CT molecular complexity index is 181. The molecule has 0 saturated heterocycles. The van der Waals surface area contributed by atoms with Crippen LogP contribution in [0.3, 0.4) is 0 Å². The summed E-state index contributed by atoms with van der Waals surface area (Å²) in [7, 11) is 0. The van der Waals surface area contributed by atoms with Gasteiger partial charge >= 0.3 is 0 Å². The van der Waals surface area contributed by atoms with E-state index in [0.717, 1.165) is 19.1 Å². The molecule has 0 amide bonds. The van der Waals surface area contributed by atoms with E-state index in [1.807, 2.05) is 6.92 Å². The first-order valence-electron chi connectivity index (χ1n) is 5.32. The average Bonchev–Trinajstić information content (AvgIpc) is 2.13. The van der Waals surface area contributed by atoms with Crippen LogP contribution in [0.15, 0.2) is 11.6 Å². The van der Waals surface area contributed by atoms with E-state index in [9.17, 15) is 4.79 Å². The molecule has 0 fully saturated rings. The number of hydrogen-bond acceptors (Lipinski definition) is 2. The van der Waals surface area contributed by atoms with Gasteiger partial charge in [0.15, 0.2) is 0 Å². The minimum atomic E-state index is -0.231. The molecule has 0 aromatic carbocycles. The Balaban J connectivity index is 3.85. The van der Waals surface area contributed by atoms with Crippen molar-refractivity contribution in [1.29, 1.82) is 0 Å². The SMILES string of the molecule is CCOC(C=O)C(C)CCC=C(C)C. The van der Waals surface area contributed by atoms with E-state index in [0.29, 0.717) is 12.5 Å². The Kier molecular flexibility index (Phi) is 7.40. The van der Waals surface area contributed by atoms with Gasteiger partial charge in [-0.2, -0.15) is 0 Å². The zero-order chi connectivity index (χ0) is 11.0. The molecule has 2 nitrogen and oxygen atoms in total. The fourth-order valence-corrected chi connectivity index (χ4v) is 1.33. The molecule has 0 spiro atoms. The van der Waals surface area contributed by atoms with Crippen LogP contribution >= 0.6 is 0 Å². The van der Waals surface area contributed by atoms with E-state index in [-0.39, 0.29) is 6.10 Å². The van der Waals surface area contributed by atoms with Crippen molar-refractivity contribution >= 4 is 6.29 Å². The zero-order valence-corrected chi connectivity index (χ0v) is 9.75. The highest BCUT2D eigenvalue weighted by Gasteiger charge is 2.15. The van der Waals surface area contributed by atoms with Gasteiger partial charge in [0.25, 0.3) is 0 Å². The lowest BCUT2D eigenvalue weighted by atomic mass is 9.99. The van der Waals surface area contributed by atoms with E-state index in [4.69, 9.17) is 4.74 Å². The van der Waals surface area contributed by atoms with Gasteiger partial charge in [0.05, 0.1) is 0 Å². The molecule has 0 aliphatic heterocycles. The molecule has 0 heterocycles. The van der Waals surface area contributed by atoms with Gasteiger partial charge in [-0.3, -0.25) is 0 Å². The number of allylic oxidation sites excluding steroid dienone is 2. The minimum Gasteiger partial charge on any atom is -0.371 e. The lowest BCUT2D eigenvalue weighted by Crippen LogP contribution is -2.23. The summed E-state index contributed by atoms with van der Waals surface area (Å²) in [6.07, 6.45) is 4.92. The molecule has 0 aromatic rings. The van der Waals surface area contributed by atoms with Crippen molar-refractivity contribution in [3.8, 4) is 0 Å². The third-order valence-corrected chi connectivity index (χ3v) is 2.23. The Morgan fingerprint density at radius 1 is 1.43 bits per heavy atom. The lowest BCUT2D eigenvalue weighted by Gasteiger charge is -2.17. The van der Waals surface area contributed by atoms with Crippen LogP contribution in [0.5, 0.6) is 0 Å². The molecule has 2 heteroatoms. The maximum atomic E-state index is 10.7. The summed E-state index contributed by atoms with van der Waals surface area (Å²) in [6.45, 7) is 8.76. The molecule has 14 heavy (non-hydrogen) atoms. The molecule has 0 aromatic heterocycles. The van der Waals surface area contributed by atoms with Crippen molar-refractivity contribution < 1.29 is 9.53 Å². The molecular weight excluding hydrogens is 176 g/mol. The van der Waals surface area contributed by atoms with E-state index >= 15 is 0 Å². The quantitative estimate of drug-likeness (QED) is 0.464. The summed E-state index contributed by atoms with van der Waals surface area (Å²) in [6, 6.07) is 0. The second-order valence-electron chi connectivity index (χ2n) is 3.89. The van der Waals surface area contributed by atoms with Crippen molar-refractivity contribution in [2.45, 2.75) is 46.6 Å². The number of ether oxygens (including phenoxy) is 1. The first-order chi connectivity index (χ1) is 6.61. The Labute approximate surface area is 87.3 Å². The van der Waals surface area contributed by atoms with Crippen LogP contribution in [-0.2, 0) is 9.53 Å². The number of carbonyl (C=O) groups excluding carboxylic acids is 1. The van der Waals surface area contributed by atoms with Crippen LogP contribution in [0.2, 0.25) is 0 Å². The van der Waals surface area contributed by atoms with Crippen LogP contribution < -0.4 is 0 Å². The van der Waals surface area contributed by atoms with Gasteiger partial charge in [-0.25, -0.2) is 0 Å². The van der Waals surface area contributed by atoms with E-state index < -0.39 is 0 Å². The van der Waals surface area contributed by atoms with E-state index in [1.54, 1.807) is 0 Å². The Morgan fingerprint density at radius 2 is 2.07 bits per heavy atom. The maximum absolute atomic E-state index is 10.7. The fourth-order valence-electron chi connectivity index (χ4n) is 1.33. The van der Waals surface area contributed by atoms with Crippen molar-refractivity contribution in [2.75, 3.05) is 6.61 Å². The third kappa shape index (κ3) is 5.92. The zero-order valence-electron chi connectivity index (χ0n) is 9.75. The van der Waals surface area contributed by atoms with Crippen LogP contribution in [0.1, 0.15) is 40.5 Å². The third-order valence-electron chi connectivity index (χ3n) is 2.23. The molecule has 0 rings (SSSR count). The first-order valence-corrected chi connectivity index (χ1v) is 5.32. The molecule has 82 valence electrons. The molecule has 0 aliphatic carbocycles. The average molecular weight is 198 g/mol. The van der Waals surface area contributed by atoms with Gasteiger partial charge in [0, 0.05) is 6.61 Å². The molecule has 0 bridgehead atoms. The maximum Gasteiger partial charge on any atom is 0.149 e. The normalized spacial score (nSPS) is 14.6. The smallest absolute Gasteiger partial charge is 0.149 e. The molecule has 0 aliphatic rings. The van der Waals surface area contributed by atoms with Crippen molar-refractivity contribution in [1.82, 2.24) is 0 Å².